The molecule has 0 rings (SSSR count). The average Bonchev–Trinajstić information content (AvgIpc) is 2.28. The summed E-state index contributed by atoms with van der Waals surface area (Å²) < 4.78 is 0. The van der Waals surface area contributed by atoms with Gasteiger partial charge in [-0.05, 0) is 53.4 Å². The van der Waals surface area contributed by atoms with Gasteiger partial charge in [0.25, 0.3) is 0 Å². The molecule has 0 aliphatic heterocycles. The Morgan fingerprint density at radius 3 is 2.47 bits per heavy atom. The van der Waals surface area contributed by atoms with E-state index in [-0.39, 0.29) is 11.9 Å². The molecule has 1 unspecified atom stereocenters. The van der Waals surface area contributed by atoms with E-state index in [1.807, 2.05) is 6.92 Å². The van der Waals surface area contributed by atoms with Crippen molar-refractivity contribution in [3.05, 3.63) is 0 Å². The lowest BCUT2D eigenvalue weighted by atomic mass is 10.2. The number of carbonyl (C=O) groups excluding carboxylic acids is 1. The molecule has 0 heterocycles. The summed E-state index contributed by atoms with van der Waals surface area (Å²) in [7, 11) is 4.16. The monoisotopic (exact) mass is 243 g/mol. The largest absolute Gasteiger partial charge is 0.355 e. The molecule has 17 heavy (non-hydrogen) atoms. The normalized spacial score (nSPS) is 12.8. The van der Waals surface area contributed by atoms with Crippen LogP contribution in [0, 0.1) is 0 Å². The van der Waals surface area contributed by atoms with Crippen LogP contribution in [0.1, 0.15) is 39.5 Å². The quantitative estimate of drug-likeness (QED) is 0.567. The first-order chi connectivity index (χ1) is 8.07. The van der Waals surface area contributed by atoms with Crippen LogP contribution in [0.2, 0.25) is 0 Å². The maximum atomic E-state index is 11.6. The molecule has 0 aliphatic carbocycles. The fourth-order valence-electron chi connectivity index (χ4n) is 1.51. The molecule has 4 heteroatoms. The number of amides is 1. The molecule has 0 radical (unpaired) electrons. The molecular weight excluding hydrogens is 214 g/mol. The molecule has 102 valence electrons. The SMILES string of the molecule is CCCCNC(=O)C(C)NCCCCN(C)C. The summed E-state index contributed by atoms with van der Waals surface area (Å²) in [5.41, 5.74) is 0. The van der Waals surface area contributed by atoms with E-state index in [2.05, 4.69) is 36.6 Å². The number of unbranched alkanes of at least 4 members (excludes halogenated alkanes) is 2. The molecule has 1 atom stereocenters. The number of nitrogens with one attached hydrogen (secondary N) is 2. The Balaban J connectivity index is 3.43. The highest BCUT2D eigenvalue weighted by atomic mass is 16.2. The lowest BCUT2D eigenvalue weighted by molar-refractivity contribution is -0.122. The van der Waals surface area contributed by atoms with Gasteiger partial charge in [-0.25, -0.2) is 0 Å². The molecule has 4 nitrogen and oxygen atoms in total. The number of hydrogen-bond donors (Lipinski definition) is 2. The van der Waals surface area contributed by atoms with Crippen LogP contribution in [0.15, 0.2) is 0 Å². The van der Waals surface area contributed by atoms with E-state index >= 15 is 0 Å². The van der Waals surface area contributed by atoms with Crippen molar-refractivity contribution in [1.29, 1.82) is 0 Å². The Bertz CT molecular complexity index is 195. The molecule has 0 saturated carbocycles. The smallest absolute Gasteiger partial charge is 0.236 e. The van der Waals surface area contributed by atoms with E-state index in [1.165, 1.54) is 6.42 Å². The van der Waals surface area contributed by atoms with Gasteiger partial charge in [0.2, 0.25) is 5.91 Å². The van der Waals surface area contributed by atoms with Crippen LogP contribution < -0.4 is 10.6 Å². The Kier molecular flexibility index (Phi) is 10.2. The molecule has 0 spiro atoms. The third-order valence-electron chi connectivity index (χ3n) is 2.71. The van der Waals surface area contributed by atoms with Gasteiger partial charge in [0.05, 0.1) is 6.04 Å². The van der Waals surface area contributed by atoms with E-state index in [4.69, 9.17) is 0 Å². The van der Waals surface area contributed by atoms with Crippen molar-refractivity contribution in [2.75, 3.05) is 33.7 Å². The van der Waals surface area contributed by atoms with Crippen molar-refractivity contribution in [3.8, 4) is 0 Å². The first kappa shape index (κ1) is 16.4. The number of nitrogens with zero attached hydrogens (tertiary/aromatic N) is 1. The summed E-state index contributed by atoms with van der Waals surface area (Å²) in [5.74, 6) is 0.117. The molecular formula is C13H29N3O. The minimum atomic E-state index is -0.0776. The Hall–Kier alpha value is -0.610. The number of hydrogen-bond acceptors (Lipinski definition) is 3. The third-order valence-corrected chi connectivity index (χ3v) is 2.71. The van der Waals surface area contributed by atoms with Gasteiger partial charge in [-0.15, -0.1) is 0 Å². The van der Waals surface area contributed by atoms with Crippen molar-refractivity contribution < 1.29 is 4.79 Å². The molecule has 0 bridgehead atoms. The Morgan fingerprint density at radius 1 is 1.18 bits per heavy atom. The molecule has 0 aromatic heterocycles. The van der Waals surface area contributed by atoms with Gasteiger partial charge < -0.3 is 15.5 Å². The van der Waals surface area contributed by atoms with Crippen LogP contribution in [0.3, 0.4) is 0 Å². The molecule has 0 aliphatic rings. The summed E-state index contributed by atoms with van der Waals surface area (Å²) in [6.07, 6.45) is 4.46. The second kappa shape index (κ2) is 10.5. The van der Waals surface area contributed by atoms with E-state index < -0.39 is 0 Å². The zero-order valence-corrected chi connectivity index (χ0v) is 11.9. The first-order valence-electron chi connectivity index (χ1n) is 6.73. The lowest BCUT2D eigenvalue weighted by Crippen LogP contribution is -2.42. The van der Waals surface area contributed by atoms with Crippen molar-refractivity contribution in [2.24, 2.45) is 0 Å². The third kappa shape index (κ3) is 10.3. The van der Waals surface area contributed by atoms with Gasteiger partial charge in [0.1, 0.15) is 0 Å². The van der Waals surface area contributed by atoms with Gasteiger partial charge in [-0.3, -0.25) is 4.79 Å². The van der Waals surface area contributed by atoms with E-state index in [0.29, 0.717) is 0 Å². The van der Waals surface area contributed by atoms with E-state index in [1.54, 1.807) is 0 Å². The van der Waals surface area contributed by atoms with Crippen molar-refractivity contribution in [3.63, 3.8) is 0 Å². The predicted octanol–water partition coefficient (Wildman–Crippen LogP) is 1.22. The van der Waals surface area contributed by atoms with Crippen LogP contribution in [-0.4, -0.2) is 50.6 Å². The maximum absolute atomic E-state index is 11.6. The van der Waals surface area contributed by atoms with Gasteiger partial charge in [0.15, 0.2) is 0 Å². The predicted molar refractivity (Wildman–Crippen MR) is 73.2 cm³/mol. The molecule has 2 N–H and O–H groups in total. The molecule has 0 aromatic carbocycles. The highest BCUT2D eigenvalue weighted by molar-refractivity contribution is 5.81. The van der Waals surface area contributed by atoms with Crippen LogP contribution in [-0.2, 0) is 4.79 Å². The Labute approximate surface area is 106 Å². The first-order valence-corrected chi connectivity index (χ1v) is 6.73. The van der Waals surface area contributed by atoms with Crippen LogP contribution in [0.5, 0.6) is 0 Å². The van der Waals surface area contributed by atoms with Crippen LogP contribution >= 0.6 is 0 Å². The molecule has 0 fully saturated rings. The maximum Gasteiger partial charge on any atom is 0.236 e. The standard InChI is InChI=1S/C13H29N3O/c1-5-6-9-15-13(17)12(2)14-10-7-8-11-16(3)4/h12,14H,5-11H2,1-4H3,(H,15,17). The zero-order valence-electron chi connectivity index (χ0n) is 11.9. The minimum Gasteiger partial charge on any atom is -0.355 e. The fourth-order valence-corrected chi connectivity index (χ4v) is 1.51. The van der Waals surface area contributed by atoms with Crippen molar-refractivity contribution in [1.82, 2.24) is 15.5 Å². The van der Waals surface area contributed by atoms with E-state index in [9.17, 15) is 4.79 Å². The van der Waals surface area contributed by atoms with Crippen molar-refractivity contribution >= 4 is 5.91 Å². The summed E-state index contributed by atoms with van der Waals surface area (Å²) in [4.78, 5) is 13.8. The second-order valence-corrected chi connectivity index (χ2v) is 4.83. The van der Waals surface area contributed by atoms with Gasteiger partial charge in [0, 0.05) is 6.54 Å². The average molecular weight is 243 g/mol. The van der Waals surface area contributed by atoms with E-state index in [0.717, 1.165) is 38.9 Å². The zero-order chi connectivity index (χ0) is 13.1. The summed E-state index contributed by atoms with van der Waals surface area (Å²) in [6, 6.07) is -0.0776. The van der Waals surface area contributed by atoms with Crippen LogP contribution in [0.4, 0.5) is 0 Å². The van der Waals surface area contributed by atoms with Gasteiger partial charge in [-0.1, -0.05) is 13.3 Å². The number of rotatable bonds is 10. The van der Waals surface area contributed by atoms with Crippen LogP contribution in [0.25, 0.3) is 0 Å². The number of carbonyl (C=O) groups is 1. The van der Waals surface area contributed by atoms with Gasteiger partial charge >= 0.3 is 0 Å². The summed E-state index contributed by atoms with van der Waals surface area (Å²) in [6.45, 7) is 6.86. The lowest BCUT2D eigenvalue weighted by Gasteiger charge is -2.14. The molecule has 1 amide bonds. The Morgan fingerprint density at radius 2 is 1.88 bits per heavy atom. The highest BCUT2D eigenvalue weighted by Crippen LogP contribution is 1.91. The second-order valence-electron chi connectivity index (χ2n) is 4.83. The molecule has 0 aromatic rings. The summed E-state index contributed by atoms with van der Waals surface area (Å²) in [5, 5.41) is 6.19. The fraction of sp³-hybridized carbons (Fsp3) is 0.923. The highest BCUT2D eigenvalue weighted by Gasteiger charge is 2.10. The van der Waals surface area contributed by atoms with Crippen molar-refractivity contribution in [2.45, 2.75) is 45.6 Å². The topological polar surface area (TPSA) is 44.4 Å². The van der Waals surface area contributed by atoms with Gasteiger partial charge in [-0.2, -0.15) is 0 Å². The molecule has 0 saturated heterocycles. The summed E-state index contributed by atoms with van der Waals surface area (Å²) >= 11 is 0. The minimum absolute atomic E-state index is 0.0776.